The van der Waals surface area contributed by atoms with Crippen molar-refractivity contribution >= 4 is 49.4 Å². The number of rotatable bonds is 12. The number of hydrogen-bond donors (Lipinski definition) is 0. The molecule has 0 saturated carbocycles. The van der Waals surface area contributed by atoms with Gasteiger partial charge in [0.1, 0.15) is 0 Å². The van der Waals surface area contributed by atoms with Crippen LogP contribution in [0.2, 0.25) is 0 Å². The maximum atomic E-state index is 2.58. The van der Waals surface area contributed by atoms with Crippen LogP contribution in [0.1, 0.15) is 67.5 Å². The van der Waals surface area contributed by atoms with Gasteiger partial charge in [0.05, 0.1) is 22.5 Å². The lowest BCUT2D eigenvalue weighted by Gasteiger charge is -2.36. The molecule has 0 saturated heterocycles. The van der Waals surface area contributed by atoms with Crippen LogP contribution in [-0.2, 0) is 18.3 Å². The summed E-state index contributed by atoms with van der Waals surface area (Å²) in [7, 11) is 0. The second kappa shape index (κ2) is 20.6. The minimum absolute atomic E-state index is 0.114. The Labute approximate surface area is 492 Å². The fraction of sp³-hybridized carbons (Fsp3) is 0.0602. The Kier molecular flexibility index (Phi) is 12.1. The summed E-state index contributed by atoms with van der Waals surface area (Å²) in [6, 6.07) is 121. The zero-order valence-corrected chi connectivity index (χ0v) is 46.6. The van der Waals surface area contributed by atoms with Crippen LogP contribution in [0.5, 0.6) is 0 Å². The summed E-state index contributed by atoms with van der Waals surface area (Å²) < 4.78 is 0. The van der Waals surface area contributed by atoms with Gasteiger partial charge in [-0.15, -0.1) is 0 Å². The SMILES string of the molecule is c1ccc(CC(c2ccccc2)c2ccc(N3c4cc(-c5ccc(C(Cc6ccc7c(c6)C(c6ccccc6)(c6ccccc6)c6ccccc6-7)c6ccccc6)cc5)c5ccccc5c4-c4cccc5cccc3c45)c3ccccc23)cc1. The van der Waals surface area contributed by atoms with Crippen LogP contribution in [0.15, 0.2) is 322 Å². The number of benzene rings is 14. The fourth-order valence-electron chi connectivity index (χ4n) is 14.8. The van der Waals surface area contributed by atoms with Crippen LogP contribution >= 0.6 is 0 Å². The van der Waals surface area contributed by atoms with Crippen LogP contribution < -0.4 is 4.90 Å². The summed E-state index contributed by atoms with van der Waals surface area (Å²) in [5, 5.41) is 7.51. The van der Waals surface area contributed by atoms with Gasteiger partial charge in [0.2, 0.25) is 0 Å². The zero-order valence-electron chi connectivity index (χ0n) is 46.6. The molecule has 2 unspecified atom stereocenters. The van der Waals surface area contributed by atoms with E-state index in [2.05, 4.69) is 326 Å². The topological polar surface area (TPSA) is 3.24 Å². The highest BCUT2D eigenvalue weighted by Crippen LogP contribution is 2.58. The average molecular weight is 1070 g/mol. The second-order valence-corrected chi connectivity index (χ2v) is 22.9. The first-order valence-electron chi connectivity index (χ1n) is 29.7. The first-order valence-corrected chi connectivity index (χ1v) is 29.7. The molecule has 14 aromatic carbocycles. The lowest BCUT2D eigenvalue weighted by molar-refractivity contribution is 0.759. The number of hydrogen-bond acceptors (Lipinski definition) is 1. The largest absolute Gasteiger partial charge is 0.309 e. The van der Waals surface area contributed by atoms with E-state index >= 15 is 0 Å². The summed E-state index contributed by atoms with van der Waals surface area (Å²) in [6.45, 7) is 0. The predicted molar refractivity (Wildman–Crippen MR) is 352 cm³/mol. The highest BCUT2D eigenvalue weighted by molar-refractivity contribution is 6.22. The summed E-state index contributed by atoms with van der Waals surface area (Å²) in [5.41, 5.74) is 23.8. The monoisotopic (exact) mass is 1070 g/mol. The summed E-state index contributed by atoms with van der Waals surface area (Å²) in [6.07, 6.45) is 1.75. The van der Waals surface area contributed by atoms with Crippen molar-refractivity contribution in [3.63, 3.8) is 0 Å². The van der Waals surface area contributed by atoms with Crippen molar-refractivity contribution in [1.82, 2.24) is 0 Å². The van der Waals surface area contributed by atoms with Gasteiger partial charge in [-0.25, -0.2) is 0 Å². The van der Waals surface area contributed by atoms with Gasteiger partial charge in [-0.05, 0) is 136 Å². The van der Waals surface area contributed by atoms with E-state index in [1.54, 1.807) is 0 Å². The van der Waals surface area contributed by atoms with Gasteiger partial charge in [0, 0.05) is 28.2 Å². The Morgan fingerprint density at radius 1 is 0.298 bits per heavy atom. The molecule has 1 heteroatoms. The lowest BCUT2D eigenvalue weighted by Crippen LogP contribution is -2.28. The first-order chi connectivity index (χ1) is 41.7. The molecule has 14 aromatic rings. The smallest absolute Gasteiger partial charge is 0.0713 e. The molecular formula is C83H59N. The molecule has 0 radical (unpaired) electrons. The molecule has 16 rings (SSSR count). The Morgan fingerprint density at radius 2 is 0.833 bits per heavy atom. The number of anilines is 3. The molecule has 0 amide bonds. The Morgan fingerprint density at radius 3 is 1.54 bits per heavy atom. The van der Waals surface area contributed by atoms with Gasteiger partial charge in [-0.3, -0.25) is 0 Å². The molecule has 1 aliphatic heterocycles. The summed E-state index contributed by atoms with van der Waals surface area (Å²) in [4.78, 5) is 2.58. The average Bonchev–Trinajstić information content (AvgIpc) is 1.64. The molecule has 0 spiro atoms. The molecule has 1 heterocycles. The maximum absolute atomic E-state index is 2.58. The van der Waals surface area contributed by atoms with Crippen molar-refractivity contribution in [3.8, 4) is 33.4 Å². The minimum Gasteiger partial charge on any atom is -0.309 e. The van der Waals surface area contributed by atoms with E-state index in [0.29, 0.717) is 0 Å². The van der Waals surface area contributed by atoms with Crippen molar-refractivity contribution < 1.29 is 0 Å². The molecule has 0 N–H and O–H groups in total. The third-order valence-corrected chi connectivity index (χ3v) is 18.5. The van der Waals surface area contributed by atoms with Crippen LogP contribution in [0.4, 0.5) is 17.1 Å². The van der Waals surface area contributed by atoms with Crippen LogP contribution in [0, 0.1) is 0 Å². The molecular weight excluding hydrogens is 1010 g/mol. The molecule has 0 fully saturated rings. The van der Waals surface area contributed by atoms with E-state index in [9.17, 15) is 0 Å². The van der Waals surface area contributed by atoms with E-state index in [-0.39, 0.29) is 11.8 Å². The van der Waals surface area contributed by atoms with E-state index in [1.807, 2.05) is 0 Å². The summed E-state index contributed by atoms with van der Waals surface area (Å²) >= 11 is 0. The normalized spacial score (nSPS) is 13.5. The zero-order chi connectivity index (χ0) is 55.6. The van der Waals surface area contributed by atoms with Crippen molar-refractivity contribution in [3.05, 3.63) is 377 Å². The fourth-order valence-corrected chi connectivity index (χ4v) is 14.8. The molecule has 396 valence electrons. The van der Waals surface area contributed by atoms with E-state index in [1.165, 1.54) is 138 Å². The van der Waals surface area contributed by atoms with Crippen molar-refractivity contribution in [2.24, 2.45) is 0 Å². The molecule has 1 nitrogen and oxygen atoms in total. The maximum Gasteiger partial charge on any atom is 0.0713 e. The quantitative estimate of drug-likeness (QED) is 0.118. The Bertz CT molecular complexity index is 4720. The highest BCUT2D eigenvalue weighted by Gasteiger charge is 2.46. The second-order valence-electron chi connectivity index (χ2n) is 22.9. The van der Waals surface area contributed by atoms with E-state index < -0.39 is 5.41 Å². The van der Waals surface area contributed by atoms with Gasteiger partial charge in [0.25, 0.3) is 0 Å². The molecule has 2 atom stereocenters. The van der Waals surface area contributed by atoms with Crippen LogP contribution in [-0.4, -0.2) is 0 Å². The van der Waals surface area contributed by atoms with Gasteiger partial charge in [-0.2, -0.15) is 0 Å². The van der Waals surface area contributed by atoms with Crippen molar-refractivity contribution in [2.75, 3.05) is 4.90 Å². The van der Waals surface area contributed by atoms with E-state index in [0.717, 1.165) is 12.8 Å². The highest BCUT2D eigenvalue weighted by atomic mass is 15.2. The molecule has 1 aliphatic carbocycles. The van der Waals surface area contributed by atoms with Crippen LogP contribution in [0.25, 0.3) is 65.7 Å². The lowest BCUT2D eigenvalue weighted by atomic mass is 9.67. The van der Waals surface area contributed by atoms with Crippen LogP contribution in [0.3, 0.4) is 0 Å². The minimum atomic E-state index is -0.458. The number of fused-ring (bicyclic) bond motifs is 8. The molecule has 0 bridgehead atoms. The van der Waals surface area contributed by atoms with Gasteiger partial charge in [-0.1, -0.05) is 303 Å². The third kappa shape index (κ3) is 8.06. The standard InChI is InChI=1S/C83H59N/c1-6-24-56(25-7-1)52-74(59-28-10-3-11-29-59)67-50-51-78(70-39-18-16-36-65(67)70)84-79-43-23-31-62-30-22-41-72(81(62)79)82-71-40-19-17-37-66(71)75(55-80(82)84)61-47-45-60(46-48-61)73(58-26-8-2-9-27-58)53-57-44-49-69-68-38-20-21-42-76(68)83(77(69)54-57,63-32-12-4-13-33-63)64-34-14-5-15-35-64/h1-51,54-55,73-74H,52-53H2. The van der Waals surface area contributed by atoms with Gasteiger partial charge < -0.3 is 4.90 Å². The molecule has 2 aliphatic rings. The molecule has 84 heavy (non-hydrogen) atoms. The van der Waals surface area contributed by atoms with Gasteiger partial charge >= 0.3 is 0 Å². The third-order valence-electron chi connectivity index (χ3n) is 18.5. The summed E-state index contributed by atoms with van der Waals surface area (Å²) in [5.74, 6) is 0.276. The number of nitrogens with zero attached hydrogens (tertiary/aromatic N) is 1. The first kappa shape index (κ1) is 49.5. The predicted octanol–water partition coefficient (Wildman–Crippen LogP) is 21.4. The Hall–Kier alpha value is -10.3. The van der Waals surface area contributed by atoms with E-state index in [4.69, 9.17) is 0 Å². The Balaban J connectivity index is 0.833. The van der Waals surface area contributed by atoms with Crippen molar-refractivity contribution in [2.45, 2.75) is 30.1 Å². The molecule has 0 aromatic heterocycles. The van der Waals surface area contributed by atoms with Crippen molar-refractivity contribution in [1.29, 1.82) is 0 Å². The van der Waals surface area contributed by atoms with Gasteiger partial charge in [0.15, 0.2) is 0 Å².